The van der Waals surface area contributed by atoms with Crippen LogP contribution in [0.15, 0.2) is 12.1 Å². The molecule has 1 saturated heterocycles. The zero-order valence-electron chi connectivity index (χ0n) is 12.6. The molecule has 1 fully saturated rings. The quantitative estimate of drug-likeness (QED) is 0.907. The minimum absolute atomic E-state index is 0.250. The maximum atomic E-state index is 12.4. The van der Waals surface area contributed by atoms with Crippen LogP contribution in [0.5, 0.6) is 0 Å². The maximum absolute atomic E-state index is 12.4. The summed E-state index contributed by atoms with van der Waals surface area (Å²) in [5.74, 6) is 0.831. The minimum Gasteiger partial charge on any atom is -0.338 e. The molecule has 4 heteroatoms. The number of hydrogen-bond acceptors (Lipinski definition) is 3. The standard InChI is InChI=1S/C16H26N2OS/c1-12-5-4-10-18(15(12)11-17)16(19)7-3-6-14-9-8-13(2)20-14/h8-9,12,15H,3-7,10-11,17H2,1-2H3/t12-,15+/m1/s1. The highest BCUT2D eigenvalue weighted by atomic mass is 32.1. The van der Waals surface area contributed by atoms with E-state index in [0.717, 1.165) is 25.8 Å². The van der Waals surface area contributed by atoms with Crippen molar-refractivity contribution in [1.82, 2.24) is 4.90 Å². The van der Waals surface area contributed by atoms with Gasteiger partial charge in [0.25, 0.3) is 0 Å². The van der Waals surface area contributed by atoms with Crippen LogP contribution in [-0.4, -0.2) is 29.9 Å². The van der Waals surface area contributed by atoms with Gasteiger partial charge in [-0.05, 0) is 50.7 Å². The van der Waals surface area contributed by atoms with Crippen LogP contribution in [-0.2, 0) is 11.2 Å². The zero-order valence-corrected chi connectivity index (χ0v) is 13.4. The molecule has 0 aromatic carbocycles. The monoisotopic (exact) mass is 294 g/mol. The molecule has 20 heavy (non-hydrogen) atoms. The fraction of sp³-hybridized carbons (Fsp3) is 0.688. The average Bonchev–Trinajstić information content (AvgIpc) is 2.84. The Balaban J connectivity index is 1.81. The van der Waals surface area contributed by atoms with Crippen LogP contribution in [0.3, 0.4) is 0 Å². The lowest BCUT2D eigenvalue weighted by molar-refractivity contribution is -0.136. The first-order chi connectivity index (χ1) is 9.61. The largest absolute Gasteiger partial charge is 0.338 e. The molecule has 0 aliphatic carbocycles. The van der Waals surface area contributed by atoms with Crippen LogP contribution in [0.25, 0.3) is 0 Å². The number of amides is 1. The second-order valence-corrected chi connectivity index (χ2v) is 7.25. The Bertz CT molecular complexity index is 443. The van der Waals surface area contributed by atoms with Crippen LogP contribution >= 0.6 is 11.3 Å². The number of hydrogen-bond donors (Lipinski definition) is 1. The van der Waals surface area contributed by atoms with Gasteiger partial charge in [0, 0.05) is 35.3 Å². The van der Waals surface area contributed by atoms with Crippen molar-refractivity contribution in [3.05, 3.63) is 21.9 Å². The lowest BCUT2D eigenvalue weighted by atomic mass is 9.90. The molecule has 0 spiro atoms. The van der Waals surface area contributed by atoms with E-state index in [1.54, 1.807) is 0 Å². The van der Waals surface area contributed by atoms with Gasteiger partial charge in [-0.15, -0.1) is 11.3 Å². The van der Waals surface area contributed by atoms with E-state index in [-0.39, 0.29) is 6.04 Å². The van der Waals surface area contributed by atoms with Gasteiger partial charge in [-0.25, -0.2) is 0 Å². The third-order valence-corrected chi connectivity index (χ3v) is 5.35. The molecule has 1 aromatic rings. The van der Waals surface area contributed by atoms with Gasteiger partial charge < -0.3 is 10.6 Å². The molecule has 2 heterocycles. The predicted octanol–water partition coefficient (Wildman–Crippen LogP) is 2.97. The molecule has 2 atom stereocenters. The summed E-state index contributed by atoms with van der Waals surface area (Å²) in [5.41, 5.74) is 5.85. The third kappa shape index (κ3) is 3.83. The van der Waals surface area contributed by atoms with E-state index in [4.69, 9.17) is 5.73 Å². The minimum atomic E-state index is 0.250. The first-order valence-corrected chi connectivity index (χ1v) is 8.48. The molecule has 1 aromatic heterocycles. The van der Waals surface area contributed by atoms with E-state index in [9.17, 15) is 4.79 Å². The van der Waals surface area contributed by atoms with E-state index < -0.39 is 0 Å². The highest BCUT2D eigenvalue weighted by molar-refractivity contribution is 7.11. The van der Waals surface area contributed by atoms with E-state index in [0.29, 0.717) is 24.8 Å². The number of piperidine rings is 1. The molecule has 0 saturated carbocycles. The number of carbonyl (C=O) groups excluding carboxylic acids is 1. The van der Waals surface area contributed by atoms with Crippen LogP contribution < -0.4 is 5.73 Å². The number of nitrogens with two attached hydrogens (primary N) is 1. The summed E-state index contributed by atoms with van der Waals surface area (Å²) >= 11 is 1.84. The Morgan fingerprint density at radius 3 is 2.95 bits per heavy atom. The summed E-state index contributed by atoms with van der Waals surface area (Å²) < 4.78 is 0. The van der Waals surface area contributed by atoms with Gasteiger partial charge in [0.2, 0.25) is 5.91 Å². The molecule has 112 valence electrons. The molecule has 1 amide bonds. The molecule has 0 bridgehead atoms. The summed E-state index contributed by atoms with van der Waals surface area (Å²) in [6, 6.07) is 4.58. The van der Waals surface area contributed by atoms with Crippen LogP contribution in [0.1, 0.15) is 42.4 Å². The van der Waals surface area contributed by atoms with Crippen molar-refractivity contribution in [2.45, 2.75) is 52.0 Å². The normalized spacial score (nSPS) is 23.1. The summed E-state index contributed by atoms with van der Waals surface area (Å²) in [5, 5.41) is 0. The Morgan fingerprint density at radius 2 is 2.30 bits per heavy atom. The van der Waals surface area contributed by atoms with Crippen LogP contribution in [0.2, 0.25) is 0 Å². The van der Waals surface area contributed by atoms with Crippen molar-refractivity contribution in [1.29, 1.82) is 0 Å². The zero-order chi connectivity index (χ0) is 14.5. The Kier molecular flexibility index (Phi) is 5.61. The number of likely N-dealkylation sites (tertiary alicyclic amines) is 1. The van der Waals surface area contributed by atoms with Crippen molar-refractivity contribution in [2.75, 3.05) is 13.1 Å². The average molecular weight is 294 g/mol. The van der Waals surface area contributed by atoms with Gasteiger partial charge in [0.1, 0.15) is 0 Å². The van der Waals surface area contributed by atoms with Crippen molar-refractivity contribution in [3.63, 3.8) is 0 Å². The van der Waals surface area contributed by atoms with Gasteiger partial charge in [-0.3, -0.25) is 4.79 Å². The number of nitrogens with zero attached hydrogens (tertiary/aromatic N) is 1. The third-order valence-electron chi connectivity index (χ3n) is 4.29. The molecule has 0 unspecified atom stereocenters. The van der Waals surface area contributed by atoms with E-state index in [2.05, 4.69) is 26.0 Å². The Labute approximate surface area is 126 Å². The molecular formula is C16H26N2OS. The molecule has 2 rings (SSSR count). The lowest BCUT2D eigenvalue weighted by Gasteiger charge is -2.39. The van der Waals surface area contributed by atoms with E-state index in [1.165, 1.54) is 16.2 Å². The Hall–Kier alpha value is -0.870. The van der Waals surface area contributed by atoms with Crippen molar-refractivity contribution in [3.8, 4) is 0 Å². The lowest BCUT2D eigenvalue weighted by Crippen LogP contribution is -2.51. The van der Waals surface area contributed by atoms with E-state index >= 15 is 0 Å². The fourth-order valence-electron chi connectivity index (χ4n) is 3.10. The first kappa shape index (κ1) is 15.5. The van der Waals surface area contributed by atoms with Crippen molar-refractivity contribution >= 4 is 17.2 Å². The Morgan fingerprint density at radius 1 is 1.50 bits per heavy atom. The summed E-state index contributed by atoms with van der Waals surface area (Å²) in [4.78, 5) is 17.2. The second-order valence-electron chi connectivity index (χ2n) is 5.88. The van der Waals surface area contributed by atoms with E-state index in [1.807, 2.05) is 16.2 Å². The molecular weight excluding hydrogens is 268 g/mol. The van der Waals surface area contributed by atoms with Crippen LogP contribution in [0.4, 0.5) is 0 Å². The topological polar surface area (TPSA) is 46.3 Å². The van der Waals surface area contributed by atoms with Gasteiger partial charge >= 0.3 is 0 Å². The number of aryl methyl sites for hydroxylation is 2. The second kappa shape index (κ2) is 7.23. The smallest absolute Gasteiger partial charge is 0.222 e. The van der Waals surface area contributed by atoms with Gasteiger partial charge in [0.05, 0.1) is 0 Å². The number of rotatable bonds is 5. The maximum Gasteiger partial charge on any atom is 0.222 e. The van der Waals surface area contributed by atoms with Crippen molar-refractivity contribution in [2.24, 2.45) is 11.7 Å². The molecule has 1 aliphatic rings. The SMILES string of the molecule is Cc1ccc(CCCC(=O)N2CCC[C@@H](C)[C@@H]2CN)s1. The summed E-state index contributed by atoms with van der Waals surface area (Å²) in [7, 11) is 0. The van der Waals surface area contributed by atoms with Gasteiger partial charge in [-0.1, -0.05) is 6.92 Å². The molecule has 3 nitrogen and oxygen atoms in total. The number of carbonyl (C=O) groups is 1. The summed E-state index contributed by atoms with van der Waals surface area (Å²) in [6.45, 7) is 5.83. The first-order valence-electron chi connectivity index (χ1n) is 7.66. The fourth-order valence-corrected chi connectivity index (χ4v) is 4.03. The molecule has 1 aliphatic heterocycles. The molecule has 0 radical (unpaired) electrons. The van der Waals surface area contributed by atoms with Crippen molar-refractivity contribution < 1.29 is 4.79 Å². The highest BCUT2D eigenvalue weighted by Crippen LogP contribution is 2.24. The highest BCUT2D eigenvalue weighted by Gasteiger charge is 2.30. The van der Waals surface area contributed by atoms with Gasteiger partial charge in [-0.2, -0.15) is 0 Å². The molecule has 2 N–H and O–H groups in total. The van der Waals surface area contributed by atoms with Gasteiger partial charge in [0.15, 0.2) is 0 Å². The number of thiophene rings is 1. The van der Waals surface area contributed by atoms with Crippen LogP contribution in [0, 0.1) is 12.8 Å². The summed E-state index contributed by atoms with van der Waals surface area (Å²) in [6.07, 6.45) is 4.93. The predicted molar refractivity (Wildman–Crippen MR) is 84.9 cm³/mol.